The maximum absolute atomic E-state index is 12.6. The molecule has 2 N–H and O–H groups in total. The third-order valence-electron chi connectivity index (χ3n) is 6.08. The minimum absolute atomic E-state index is 0.0405. The number of aromatic amines is 1. The second-order valence-electron chi connectivity index (χ2n) is 8.14. The fraction of sp³-hybridized carbons (Fsp3) is 0.632. The zero-order valence-corrected chi connectivity index (χ0v) is 19.0. The van der Waals surface area contributed by atoms with Crippen LogP contribution in [0.5, 0.6) is 0 Å². The Kier molecular flexibility index (Phi) is 5.91. The number of halogens is 1. The van der Waals surface area contributed by atoms with Crippen molar-refractivity contribution in [2.24, 2.45) is 0 Å². The van der Waals surface area contributed by atoms with Crippen LogP contribution in [0.1, 0.15) is 44.7 Å². The fourth-order valence-electron chi connectivity index (χ4n) is 4.63. The average molecular weight is 454 g/mol. The number of sulfonamides is 1. The van der Waals surface area contributed by atoms with Crippen molar-refractivity contribution in [3.8, 4) is 0 Å². The number of aromatic nitrogens is 4. The van der Waals surface area contributed by atoms with Crippen LogP contribution >= 0.6 is 11.6 Å². The molecule has 2 aliphatic heterocycles. The Labute approximate surface area is 182 Å². The zero-order chi connectivity index (χ0) is 21.5. The maximum atomic E-state index is 12.6. The van der Waals surface area contributed by atoms with Gasteiger partial charge < -0.3 is 10.2 Å². The number of anilines is 3. The van der Waals surface area contributed by atoms with Crippen LogP contribution in [-0.2, 0) is 10.0 Å². The molecule has 4 rings (SSSR count). The van der Waals surface area contributed by atoms with E-state index < -0.39 is 10.0 Å². The number of piperidine rings is 2. The summed E-state index contributed by atoms with van der Waals surface area (Å²) in [5.41, 5.74) is 0.940. The first-order valence-corrected chi connectivity index (χ1v) is 12.3. The number of rotatable bonds is 6. The predicted molar refractivity (Wildman–Crippen MR) is 118 cm³/mol. The lowest BCUT2D eigenvalue weighted by Crippen LogP contribution is -2.58. The Morgan fingerprint density at radius 3 is 2.53 bits per heavy atom. The summed E-state index contributed by atoms with van der Waals surface area (Å²) < 4.78 is 27.0. The summed E-state index contributed by atoms with van der Waals surface area (Å²) in [6, 6.07) is 3.78. The summed E-state index contributed by atoms with van der Waals surface area (Å²) in [7, 11) is -1.24. The smallest absolute Gasteiger partial charge is 0.228 e. The predicted octanol–water partition coefficient (Wildman–Crippen LogP) is 3.08. The van der Waals surface area contributed by atoms with Gasteiger partial charge in [0.15, 0.2) is 5.82 Å². The van der Waals surface area contributed by atoms with Crippen LogP contribution in [0.15, 0.2) is 12.1 Å². The van der Waals surface area contributed by atoms with E-state index in [1.165, 1.54) is 0 Å². The Bertz CT molecular complexity index is 998. The van der Waals surface area contributed by atoms with Crippen LogP contribution in [0.3, 0.4) is 0 Å². The van der Waals surface area contributed by atoms with E-state index in [1.807, 2.05) is 24.9 Å². The van der Waals surface area contributed by atoms with Gasteiger partial charge in [-0.25, -0.2) is 13.4 Å². The van der Waals surface area contributed by atoms with E-state index in [0.717, 1.165) is 37.8 Å². The standard InChI is InChI=1S/C19H28ClN7O2S/c1-4-30(28,29)27-13-6-5-7-14(27)10-15(9-13)26(3)19-21-16(20)11-17(23-19)22-18-8-12(2)24-25-18/h8,11,13-15H,4-7,9-10H2,1-3H3,(H2,21,22,23,24,25)/t13-,14+,15?. The van der Waals surface area contributed by atoms with Gasteiger partial charge in [-0.2, -0.15) is 14.4 Å². The van der Waals surface area contributed by atoms with Gasteiger partial charge in [0.05, 0.1) is 5.75 Å². The molecule has 2 bridgehead atoms. The Balaban J connectivity index is 1.54. The molecule has 164 valence electrons. The minimum atomic E-state index is -3.20. The average Bonchev–Trinajstić information content (AvgIpc) is 3.10. The molecular formula is C19H28ClN7O2S. The summed E-state index contributed by atoms with van der Waals surface area (Å²) in [6.07, 6.45) is 4.42. The van der Waals surface area contributed by atoms with Crippen molar-refractivity contribution in [2.45, 2.75) is 64.1 Å². The van der Waals surface area contributed by atoms with Crippen molar-refractivity contribution in [3.05, 3.63) is 23.0 Å². The molecular weight excluding hydrogens is 426 g/mol. The summed E-state index contributed by atoms with van der Waals surface area (Å²) >= 11 is 6.27. The molecule has 0 aromatic carbocycles. The molecule has 0 spiro atoms. The van der Waals surface area contributed by atoms with Crippen molar-refractivity contribution in [1.82, 2.24) is 24.5 Å². The third-order valence-corrected chi connectivity index (χ3v) is 8.24. The van der Waals surface area contributed by atoms with Crippen LogP contribution in [0.25, 0.3) is 0 Å². The van der Waals surface area contributed by atoms with Gasteiger partial charge in [0, 0.05) is 43.0 Å². The third kappa shape index (κ3) is 4.26. The van der Waals surface area contributed by atoms with Crippen LogP contribution < -0.4 is 10.2 Å². The zero-order valence-electron chi connectivity index (χ0n) is 17.5. The SMILES string of the molecule is CCS(=O)(=O)N1[C@@H]2CCC[C@H]1CC(N(C)c1nc(Cl)cc(Nc3cc(C)[nH]n3)n1)C2. The Morgan fingerprint density at radius 2 is 1.93 bits per heavy atom. The first-order valence-electron chi connectivity index (χ1n) is 10.3. The summed E-state index contributed by atoms with van der Waals surface area (Å²) in [6.45, 7) is 3.64. The molecule has 0 aliphatic carbocycles. The van der Waals surface area contributed by atoms with Gasteiger partial charge in [0.1, 0.15) is 11.0 Å². The number of aryl methyl sites for hydroxylation is 1. The first kappa shape index (κ1) is 21.3. The van der Waals surface area contributed by atoms with Gasteiger partial charge in [0.25, 0.3) is 0 Å². The number of nitrogens with zero attached hydrogens (tertiary/aromatic N) is 5. The van der Waals surface area contributed by atoms with Crippen molar-refractivity contribution >= 4 is 39.2 Å². The van der Waals surface area contributed by atoms with E-state index in [9.17, 15) is 8.42 Å². The van der Waals surface area contributed by atoms with Crippen molar-refractivity contribution in [1.29, 1.82) is 0 Å². The van der Waals surface area contributed by atoms with E-state index in [1.54, 1.807) is 17.3 Å². The van der Waals surface area contributed by atoms with Crippen LogP contribution in [0.4, 0.5) is 17.6 Å². The molecule has 30 heavy (non-hydrogen) atoms. The molecule has 0 saturated carbocycles. The summed E-state index contributed by atoms with van der Waals surface area (Å²) in [5.74, 6) is 1.89. The van der Waals surface area contributed by atoms with E-state index in [-0.39, 0.29) is 23.9 Å². The molecule has 2 aromatic rings. The summed E-state index contributed by atoms with van der Waals surface area (Å²) in [4.78, 5) is 11.1. The quantitative estimate of drug-likeness (QED) is 0.647. The monoisotopic (exact) mass is 453 g/mol. The first-order chi connectivity index (χ1) is 14.3. The van der Waals surface area contributed by atoms with Crippen LogP contribution in [0, 0.1) is 6.92 Å². The molecule has 11 heteroatoms. The van der Waals surface area contributed by atoms with Crippen LogP contribution in [0.2, 0.25) is 5.15 Å². The lowest BCUT2D eigenvalue weighted by Gasteiger charge is -2.49. The second-order valence-corrected chi connectivity index (χ2v) is 10.7. The number of fused-ring (bicyclic) bond motifs is 2. The van der Waals surface area contributed by atoms with Crippen molar-refractivity contribution in [3.63, 3.8) is 0 Å². The van der Waals surface area contributed by atoms with Crippen molar-refractivity contribution < 1.29 is 8.42 Å². The lowest BCUT2D eigenvalue weighted by molar-refractivity contribution is 0.109. The molecule has 9 nitrogen and oxygen atoms in total. The van der Waals surface area contributed by atoms with Gasteiger partial charge >= 0.3 is 0 Å². The number of nitrogens with one attached hydrogen (secondary N) is 2. The van der Waals surface area contributed by atoms with Crippen molar-refractivity contribution in [2.75, 3.05) is 23.0 Å². The lowest BCUT2D eigenvalue weighted by atomic mass is 9.83. The van der Waals surface area contributed by atoms with E-state index in [0.29, 0.717) is 22.7 Å². The van der Waals surface area contributed by atoms with Gasteiger partial charge in [-0.05, 0) is 39.5 Å². The Hall–Kier alpha value is -1.91. The molecule has 1 unspecified atom stereocenters. The molecule has 0 radical (unpaired) electrons. The van der Waals surface area contributed by atoms with E-state index >= 15 is 0 Å². The highest BCUT2D eigenvalue weighted by molar-refractivity contribution is 7.89. The molecule has 0 amide bonds. The van der Waals surface area contributed by atoms with Gasteiger partial charge in [-0.3, -0.25) is 5.10 Å². The summed E-state index contributed by atoms with van der Waals surface area (Å²) in [5, 5.41) is 10.5. The number of H-pyrrole nitrogens is 1. The Morgan fingerprint density at radius 1 is 1.23 bits per heavy atom. The highest BCUT2D eigenvalue weighted by Crippen LogP contribution is 2.38. The molecule has 2 aromatic heterocycles. The minimum Gasteiger partial charge on any atom is -0.341 e. The topological polar surface area (TPSA) is 107 Å². The number of hydrogen-bond acceptors (Lipinski definition) is 7. The molecule has 4 heterocycles. The molecule has 2 saturated heterocycles. The maximum Gasteiger partial charge on any atom is 0.228 e. The molecule has 2 fully saturated rings. The van der Waals surface area contributed by atoms with Gasteiger partial charge in [0.2, 0.25) is 16.0 Å². The highest BCUT2D eigenvalue weighted by atomic mass is 35.5. The van der Waals surface area contributed by atoms with E-state index in [4.69, 9.17) is 11.6 Å². The van der Waals surface area contributed by atoms with E-state index in [2.05, 4.69) is 25.5 Å². The highest BCUT2D eigenvalue weighted by Gasteiger charge is 2.45. The number of hydrogen-bond donors (Lipinski definition) is 2. The molecule has 2 aliphatic rings. The second kappa shape index (κ2) is 8.32. The normalized spacial score (nSPS) is 24.6. The van der Waals surface area contributed by atoms with Crippen LogP contribution in [-0.4, -0.2) is 63.8 Å². The van der Waals surface area contributed by atoms with Gasteiger partial charge in [-0.15, -0.1) is 0 Å². The fourth-order valence-corrected chi connectivity index (χ4v) is 6.40. The van der Waals surface area contributed by atoms with Gasteiger partial charge in [-0.1, -0.05) is 18.0 Å². The largest absolute Gasteiger partial charge is 0.341 e. The molecule has 3 atom stereocenters.